The Hall–Kier alpha value is -2.91. The summed E-state index contributed by atoms with van der Waals surface area (Å²) in [5, 5.41) is 9.36. The average Bonchev–Trinajstić information content (AvgIpc) is 3.56. The van der Waals surface area contributed by atoms with Gasteiger partial charge in [-0.2, -0.15) is 0 Å². The second-order valence-corrected chi connectivity index (χ2v) is 8.94. The molecule has 1 fully saturated rings. The van der Waals surface area contributed by atoms with Gasteiger partial charge in [0.25, 0.3) is 0 Å². The SMILES string of the molecule is NC(=O)CCn1c(SCc2cc(F)cc3c2O[C@H](c2ccccc2)OC3)nnc1C1CC1. The predicted molar refractivity (Wildman–Crippen MR) is 116 cm³/mol. The van der Waals surface area contributed by atoms with Crippen molar-refractivity contribution in [3.63, 3.8) is 0 Å². The van der Waals surface area contributed by atoms with Gasteiger partial charge in [0, 0.05) is 41.3 Å². The van der Waals surface area contributed by atoms with E-state index in [1.54, 1.807) is 0 Å². The maximum atomic E-state index is 14.3. The van der Waals surface area contributed by atoms with E-state index >= 15 is 0 Å². The van der Waals surface area contributed by atoms with E-state index in [0.29, 0.717) is 34.7 Å². The van der Waals surface area contributed by atoms with Crippen LogP contribution in [0.25, 0.3) is 0 Å². The van der Waals surface area contributed by atoms with E-state index in [1.807, 2.05) is 34.9 Å². The molecule has 2 heterocycles. The average molecular weight is 455 g/mol. The van der Waals surface area contributed by atoms with Gasteiger partial charge in [-0.1, -0.05) is 42.1 Å². The molecule has 1 saturated carbocycles. The van der Waals surface area contributed by atoms with Crippen molar-refractivity contribution >= 4 is 17.7 Å². The van der Waals surface area contributed by atoms with E-state index in [1.165, 1.54) is 23.9 Å². The van der Waals surface area contributed by atoms with Crippen LogP contribution in [0.2, 0.25) is 0 Å². The fourth-order valence-electron chi connectivity index (χ4n) is 3.78. The zero-order chi connectivity index (χ0) is 22.1. The molecule has 0 bridgehead atoms. The Kier molecular flexibility index (Phi) is 5.84. The Morgan fingerprint density at radius 2 is 2.03 bits per heavy atom. The van der Waals surface area contributed by atoms with Crippen LogP contribution in [0.5, 0.6) is 5.75 Å². The lowest BCUT2D eigenvalue weighted by atomic mass is 10.1. The van der Waals surface area contributed by atoms with Gasteiger partial charge >= 0.3 is 0 Å². The Morgan fingerprint density at radius 1 is 1.22 bits per heavy atom. The Labute approximate surface area is 189 Å². The Bertz CT molecular complexity index is 1130. The zero-order valence-electron chi connectivity index (χ0n) is 17.4. The van der Waals surface area contributed by atoms with Gasteiger partial charge < -0.3 is 19.8 Å². The summed E-state index contributed by atoms with van der Waals surface area (Å²) in [6, 6.07) is 12.6. The number of ether oxygens (including phenoxy) is 2. The van der Waals surface area contributed by atoms with Crippen LogP contribution in [0.15, 0.2) is 47.6 Å². The molecule has 1 aliphatic heterocycles. The van der Waals surface area contributed by atoms with Gasteiger partial charge in [0.05, 0.1) is 6.61 Å². The minimum atomic E-state index is -0.543. The summed E-state index contributed by atoms with van der Waals surface area (Å²) >= 11 is 1.45. The molecular formula is C23H23FN4O3S. The lowest BCUT2D eigenvalue weighted by molar-refractivity contribution is -0.118. The van der Waals surface area contributed by atoms with E-state index in [-0.39, 0.29) is 24.8 Å². The van der Waals surface area contributed by atoms with Crippen molar-refractivity contribution in [2.45, 2.75) is 55.5 Å². The zero-order valence-corrected chi connectivity index (χ0v) is 18.2. The quantitative estimate of drug-likeness (QED) is 0.516. The normalized spacial score (nSPS) is 17.6. The van der Waals surface area contributed by atoms with Gasteiger partial charge in [-0.15, -0.1) is 10.2 Å². The van der Waals surface area contributed by atoms with E-state index < -0.39 is 6.29 Å². The summed E-state index contributed by atoms with van der Waals surface area (Å²) in [4.78, 5) is 11.3. The number of nitrogens with zero attached hydrogens (tertiary/aromatic N) is 3. The fourth-order valence-corrected chi connectivity index (χ4v) is 4.72. The number of fused-ring (bicyclic) bond motifs is 1. The molecule has 0 radical (unpaired) electrons. The molecule has 0 spiro atoms. The highest BCUT2D eigenvalue weighted by molar-refractivity contribution is 7.98. The van der Waals surface area contributed by atoms with Crippen molar-refractivity contribution < 1.29 is 18.7 Å². The number of aromatic nitrogens is 3. The molecule has 1 aliphatic carbocycles. The molecular weight excluding hydrogens is 431 g/mol. The van der Waals surface area contributed by atoms with Gasteiger partial charge in [-0.05, 0) is 25.0 Å². The number of primary amides is 1. The van der Waals surface area contributed by atoms with Gasteiger partial charge in [0.2, 0.25) is 12.2 Å². The third-order valence-electron chi connectivity index (χ3n) is 5.52. The van der Waals surface area contributed by atoms with E-state index in [9.17, 15) is 9.18 Å². The van der Waals surface area contributed by atoms with Crippen LogP contribution in [0.3, 0.4) is 0 Å². The van der Waals surface area contributed by atoms with E-state index in [4.69, 9.17) is 15.2 Å². The minimum Gasteiger partial charge on any atom is -0.460 e. The number of hydrogen-bond acceptors (Lipinski definition) is 6. The van der Waals surface area contributed by atoms with Crippen molar-refractivity contribution in [2.24, 2.45) is 5.73 Å². The van der Waals surface area contributed by atoms with E-state index in [0.717, 1.165) is 29.8 Å². The Morgan fingerprint density at radius 3 is 2.78 bits per heavy atom. The topological polar surface area (TPSA) is 92.3 Å². The molecule has 2 aromatic carbocycles. The number of amides is 1. The number of nitrogens with two attached hydrogens (primary N) is 1. The molecule has 5 rings (SSSR count). The maximum absolute atomic E-state index is 14.3. The second kappa shape index (κ2) is 8.91. The highest BCUT2D eigenvalue weighted by atomic mass is 32.2. The molecule has 32 heavy (non-hydrogen) atoms. The van der Waals surface area contributed by atoms with Crippen LogP contribution in [0, 0.1) is 5.82 Å². The van der Waals surface area contributed by atoms with Crippen molar-refractivity contribution in [1.29, 1.82) is 0 Å². The fraction of sp³-hybridized carbons (Fsp3) is 0.348. The van der Waals surface area contributed by atoms with Crippen LogP contribution in [0.4, 0.5) is 4.39 Å². The summed E-state index contributed by atoms with van der Waals surface area (Å²) in [6.07, 6.45) is 1.83. The summed E-state index contributed by atoms with van der Waals surface area (Å²) in [6.45, 7) is 0.711. The van der Waals surface area contributed by atoms with Crippen molar-refractivity contribution in [3.05, 3.63) is 70.8 Å². The summed E-state index contributed by atoms with van der Waals surface area (Å²) in [7, 11) is 0. The van der Waals surface area contributed by atoms with Gasteiger partial charge in [0.15, 0.2) is 5.16 Å². The molecule has 1 amide bonds. The number of carbonyl (C=O) groups excluding carboxylic acids is 1. The predicted octanol–water partition coefficient (Wildman–Crippen LogP) is 4.07. The minimum absolute atomic E-state index is 0.222. The number of hydrogen-bond donors (Lipinski definition) is 1. The van der Waals surface area contributed by atoms with E-state index in [2.05, 4.69) is 10.2 Å². The Balaban J connectivity index is 1.38. The molecule has 0 saturated heterocycles. The van der Waals surface area contributed by atoms with Gasteiger partial charge in [0.1, 0.15) is 17.4 Å². The summed E-state index contributed by atoms with van der Waals surface area (Å²) < 4.78 is 28.2. The second-order valence-electron chi connectivity index (χ2n) is 8.00. The van der Waals surface area contributed by atoms with Crippen LogP contribution >= 0.6 is 11.8 Å². The number of halogens is 1. The molecule has 2 aliphatic rings. The standard InChI is InChI=1S/C23H23FN4O3S/c24-18-10-16-12-30-22(15-4-2-1-3-5-15)31-20(16)17(11-18)13-32-23-27-26-21(14-6-7-14)28(23)9-8-19(25)29/h1-5,10-11,14,22H,6-9,12-13H2,(H2,25,29)/t22-/m1/s1. The monoisotopic (exact) mass is 454 g/mol. The molecule has 7 nitrogen and oxygen atoms in total. The summed E-state index contributed by atoms with van der Waals surface area (Å²) in [5.41, 5.74) is 7.66. The van der Waals surface area contributed by atoms with Gasteiger partial charge in [-0.3, -0.25) is 4.79 Å². The first-order chi connectivity index (χ1) is 15.6. The molecule has 9 heteroatoms. The maximum Gasteiger partial charge on any atom is 0.227 e. The lowest BCUT2D eigenvalue weighted by Crippen LogP contribution is -2.19. The third kappa shape index (κ3) is 4.49. The first-order valence-electron chi connectivity index (χ1n) is 10.6. The number of thioether (sulfide) groups is 1. The highest BCUT2D eigenvalue weighted by Gasteiger charge is 2.31. The van der Waals surface area contributed by atoms with Crippen LogP contribution in [-0.2, 0) is 28.4 Å². The van der Waals surface area contributed by atoms with Crippen molar-refractivity contribution in [2.75, 3.05) is 0 Å². The molecule has 1 atom stereocenters. The van der Waals surface area contributed by atoms with Crippen molar-refractivity contribution in [1.82, 2.24) is 14.8 Å². The third-order valence-corrected chi connectivity index (χ3v) is 6.54. The van der Waals surface area contributed by atoms with Crippen molar-refractivity contribution in [3.8, 4) is 5.75 Å². The molecule has 3 aromatic rings. The van der Waals surface area contributed by atoms with Crippen LogP contribution in [0.1, 0.15) is 54.0 Å². The lowest BCUT2D eigenvalue weighted by Gasteiger charge is -2.28. The number of carbonyl (C=O) groups is 1. The smallest absolute Gasteiger partial charge is 0.227 e. The summed E-state index contributed by atoms with van der Waals surface area (Å²) in [5.74, 6) is 1.67. The first-order valence-corrected chi connectivity index (χ1v) is 11.6. The number of benzene rings is 2. The number of rotatable bonds is 8. The molecule has 0 unspecified atom stereocenters. The van der Waals surface area contributed by atoms with Crippen LogP contribution < -0.4 is 10.5 Å². The molecule has 2 N–H and O–H groups in total. The molecule has 166 valence electrons. The highest BCUT2D eigenvalue weighted by Crippen LogP contribution is 2.42. The molecule has 1 aromatic heterocycles. The first kappa shape index (κ1) is 21.0. The van der Waals surface area contributed by atoms with Gasteiger partial charge in [-0.25, -0.2) is 4.39 Å². The largest absolute Gasteiger partial charge is 0.460 e. The van der Waals surface area contributed by atoms with Crippen LogP contribution in [-0.4, -0.2) is 20.7 Å².